The second-order valence-corrected chi connectivity index (χ2v) is 8.33. The van der Waals surface area contributed by atoms with Crippen molar-refractivity contribution in [2.24, 2.45) is 5.41 Å². The molecule has 3 heterocycles. The van der Waals surface area contributed by atoms with Crippen LogP contribution in [0.2, 0.25) is 0 Å². The summed E-state index contributed by atoms with van der Waals surface area (Å²) in [4.78, 5) is 38.4. The zero-order valence-electron chi connectivity index (χ0n) is 16.3. The van der Waals surface area contributed by atoms with Gasteiger partial charge in [0, 0.05) is 31.6 Å². The van der Waals surface area contributed by atoms with Crippen LogP contribution in [0, 0.1) is 12.3 Å². The van der Waals surface area contributed by atoms with E-state index in [9.17, 15) is 14.4 Å². The number of hydrogen-bond donors (Lipinski definition) is 3. The number of nitrogens with zero attached hydrogens (tertiary/aromatic N) is 3. The second kappa shape index (κ2) is 7.30. The zero-order valence-corrected chi connectivity index (χ0v) is 16.3. The predicted molar refractivity (Wildman–Crippen MR) is 99.6 cm³/mol. The first kappa shape index (κ1) is 19.3. The first-order chi connectivity index (χ1) is 12.6. The molecular formula is C18H28N6O3. The standard InChI is InChI=1S/C18H28N6O3/c1-11-9-13(20-15(26)16(27)23-7-5-6-8-23)24(22-11)17-19-12(18(2,3)4)10-14(25)21-17/h9,12,17,19H,5-8,10H2,1-4H3,(H,20,26)(H,21,25). The van der Waals surface area contributed by atoms with Gasteiger partial charge in [-0.15, -0.1) is 0 Å². The summed E-state index contributed by atoms with van der Waals surface area (Å²) in [6, 6.07) is 1.64. The first-order valence-corrected chi connectivity index (χ1v) is 9.37. The van der Waals surface area contributed by atoms with Gasteiger partial charge in [-0.05, 0) is 25.2 Å². The van der Waals surface area contributed by atoms with Crippen molar-refractivity contribution in [2.45, 2.75) is 59.3 Å². The molecule has 2 saturated heterocycles. The first-order valence-electron chi connectivity index (χ1n) is 9.37. The summed E-state index contributed by atoms with van der Waals surface area (Å²) >= 11 is 0. The summed E-state index contributed by atoms with van der Waals surface area (Å²) in [5.41, 5.74) is 0.556. The molecule has 2 unspecified atom stereocenters. The van der Waals surface area contributed by atoms with Crippen LogP contribution in [0.4, 0.5) is 5.82 Å². The Hall–Kier alpha value is -2.42. The number of amides is 3. The minimum atomic E-state index is -0.687. The summed E-state index contributed by atoms with van der Waals surface area (Å²) < 4.78 is 1.51. The fourth-order valence-corrected chi connectivity index (χ4v) is 3.42. The molecule has 0 spiro atoms. The molecule has 2 fully saturated rings. The van der Waals surface area contributed by atoms with E-state index in [1.54, 1.807) is 17.9 Å². The Morgan fingerprint density at radius 1 is 1.26 bits per heavy atom. The van der Waals surface area contributed by atoms with E-state index in [4.69, 9.17) is 0 Å². The molecule has 0 saturated carbocycles. The van der Waals surface area contributed by atoms with Gasteiger partial charge in [-0.1, -0.05) is 20.8 Å². The molecule has 9 heteroatoms. The Balaban J connectivity index is 1.78. The van der Waals surface area contributed by atoms with Crippen molar-refractivity contribution in [1.29, 1.82) is 0 Å². The fourth-order valence-electron chi connectivity index (χ4n) is 3.42. The topological polar surface area (TPSA) is 108 Å². The maximum absolute atomic E-state index is 12.4. The molecule has 0 radical (unpaired) electrons. The molecule has 3 rings (SSSR count). The number of rotatable bonds is 2. The lowest BCUT2D eigenvalue weighted by atomic mass is 9.84. The highest BCUT2D eigenvalue weighted by Crippen LogP contribution is 2.27. The third-order valence-electron chi connectivity index (χ3n) is 5.02. The predicted octanol–water partition coefficient (Wildman–Crippen LogP) is 0.733. The van der Waals surface area contributed by atoms with Crippen LogP contribution in [-0.2, 0) is 14.4 Å². The molecule has 3 N–H and O–H groups in total. The molecule has 2 atom stereocenters. The average molecular weight is 376 g/mol. The lowest BCUT2D eigenvalue weighted by molar-refractivity contribution is -0.142. The number of carbonyl (C=O) groups is 3. The van der Waals surface area contributed by atoms with Crippen molar-refractivity contribution in [3.63, 3.8) is 0 Å². The minimum absolute atomic E-state index is 0.0458. The van der Waals surface area contributed by atoms with Crippen molar-refractivity contribution in [2.75, 3.05) is 18.4 Å². The number of likely N-dealkylation sites (tertiary alicyclic amines) is 1. The van der Waals surface area contributed by atoms with Gasteiger partial charge < -0.3 is 15.5 Å². The largest absolute Gasteiger partial charge is 0.334 e. The highest BCUT2D eigenvalue weighted by atomic mass is 16.2. The van der Waals surface area contributed by atoms with E-state index in [0.29, 0.717) is 31.0 Å². The van der Waals surface area contributed by atoms with E-state index in [-0.39, 0.29) is 17.4 Å². The molecule has 2 aliphatic rings. The van der Waals surface area contributed by atoms with Crippen molar-refractivity contribution < 1.29 is 14.4 Å². The molecule has 0 aromatic carbocycles. The smallest absolute Gasteiger partial charge is 0.315 e. The third-order valence-corrected chi connectivity index (χ3v) is 5.02. The maximum Gasteiger partial charge on any atom is 0.315 e. The molecule has 27 heavy (non-hydrogen) atoms. The van der Waals surface area contributed by atoms with Gasteiger partial charge in [0.2, 0.25) is 5.91 Å². The Morgan fingerprint density at radius 2 is 1.93 bits per heavy atom. The van der Waals surface area contributed by atoms with Gasteiger partial charge in [-0.25, -0.2) is 4.68 Å². The van der Waals surface area contributed by atoms with Crippen molar-refractivity contribution in [1.82, 2.24) is 25.3 Å². The van der Waals surface area contributed by atoms with E-state index < -0.39 is 18.1 Å². The van der Waals surface area contributed by atoms with Gasteiger partial charge in [0.15, 0.2) is 6.29 Å². The lowest BCUT2D eigenvalue weighted by Gasteiger charge is -2.39. The second-order valence-electron chi connectivity index (χ2n) is 8.33. The van der Waals surface area contributed by atoms with Gasteiger partial charge in [-0.3, -0.25) is 19.7 Å². The van der Waals surface area contributed by atoms with Crippen LogP contribution in [0.1, 0.15) is 52.0 Å². The molecule has 0 aliphatic carbocycles. The van der Waals surface area contributed by atoms with E-state index in [2.05, 4.69) is 41.8 Å². The van der Waals surface area contributed by atoms with Crippen molar-refractivity contribution >= 4 is 23.5 Å². The number of carbonyl (C=O) groups excluding carboxylic acids is 3. The van der Waals surface area contributed by atoms with Crippen LogP contribution in [0.3, 0.4) is 0 Å². The Labute approximate surface area is 158 Å². The molecule has 1 aromatic rings. The number of nitrogens with one attached hydrogen (secondary N) is 3. The fraction of sp³-hybridized carbons (Fsp3) is 0.667. The monoisotopic (exact) mass is 376 g/mol. The molecular weight excluding hydrogens is 348 g/mol. The molecule has 0 bridgehead atoms. The Kier molecular flexibility index (Phi) is 5.23. The van der Waals surface area contributed by atoms with Crippen molar-refractivity contribution in [3.8, 4) is 0 Å². The Bertz CT molecular complexity index is 745. The summed E-state index contributed by atoms with van der Waals surface area (Å²) in [5.74, 6) is -0.937. The van der Waals surface area contributed by atoms with Crippen LogP contribution in [-0.4, -0.2) is 51.5 Å². The Morgan fingerprint density at radius 3 is 2.56 bits per heavy atom. The summed E-state index contributed by atoms with van der Waals surface area (Å²) in [6.07, 6.45) is 1.61. The van der Waals surface area contributed by atoms with Crippen LogP contribution >= 0.6 is 0 Å². The summed E-state index contributed by atoms with van der Waals surface area (Å²) in [5, 5.41) is 13.3. The molecule has 1 aromatic heterocycles. The van der Waals surface area contributed by atoms with Crippen LogP contribution in [0.15, 0.2) is 6.07 Å². The number of aromatic nitrogens is 2. The minimum Gasteiger partial charge on any atom is -0.334 e. The van der Waals surface area contributed by atoms with Gasteiger partial charge in [0.1, 0.15) is 5.82 Å². The van der Waals surface area contributed by atoms with E-state index >= 15 is 0 Å². The quantitative estimate of drug-likeness (QED) is 0.660. The highest BCUT2D eigenvalue weighted by Gasteiger charge is 2.35. The molecule has 2 aliphatic heterocycles. The van der Waals surface area contributed by atoms with E-state index in [1.165, 1.54) is 4.68 Å². The van der Waals surface area contributed by atoms with E-state index in [1.807, 2.05) is 0 Å². The normalized spacial score (nSPS) is 23.3. The zero-order chi connectivity index (χ0) is 19.8. The summed E-state index contributed by atoms with van der Waals surface area (Å²) in [7, 11) is 0. The molecule has 9 nitrogen and oxygen atoms in total. The average Bonchev–Trinajstić information content (AvgIpc) is 3.22. The number of aryl methyl sites for hydroxylation is 1. The molecule has 148 valence electrons. The number of anilines is 1. The van der Waals surface area contributed by atoms with Crippen molar-refractivity contribution in [3.05, 3.63) is 11.8 Å². The maximum atomic E-state index is 12.4. The summed E-state index contributed by atoms with van der Waals surface area (Å²) in [6.45, 7) is 9.20. The van der Waals surface area contributed by atoms with Gasteiger partial charge in [-0.2, -0.15) is 5.10 Å². The van der Waals surface area contributed by atoms with E-state index in [0.717, 1.165) is 12.8 Å². The van der Waals surface area contributed by atoms with Crippen LogP contribution in [0.5, 0.6) is 0 Å². The van der Waals surface area contributed by atoms with Crippen LogP contribution in [0.25, 0.3) is 0 Å². The number of hydrogen-bond acceptors (Lipinski definition) is 5. The molecule has 3 amide bonds. The highest BCUT2D eigenvalue weighted by molar-refractivity contribution is 6.39. The lowest BCUT2D eigenvalue weighted by Crippen LogP contribution is -2.57. The van der Waals surface area contributed by atoms with Gasteiger partial charge in [0.05, 0.1) is 5.69 Å². The van der Waals surface area contributed by atoms with Gasteiger partial charge >= 0.3 is 11.8 Å². The van der Waals surface area contributed by atoms with Crippen LogP contribution < -0.4 is 16.0 Å². The third kappa shape index (κ3) is 4.29. The SMILES string of the molecule is Cc1cc(NC(=O)C(=O)N2CCCC2)n(C2NC(=O)CC(C(C)(C)C)N2)n1. The van der Waals surface area contributed by atoms with Gasteiger partial charge in [0.25, 0.3) is 0 Å².